The molecular weight excluding hydrogens is 364 g/mol. The number of aromatic amines is 1. The van der Waals surface area contributed by atoms with Gasteiger partial charge >= 0.3 is 6.03 Å². The zero-order valence-corrected chi connectivity index (χ0v) is 16.6. The Morgan fingerprint density at radius 2 is 1.79 bits per heavy atom. The lowest BCUT2D eigenvalue weighted by Crippen LogP contribution is -2.51. The molecule has 0 spiro atoms. The minimum atomic E-state index is -0.0376. The fourth-order valence-corrected chi connectivity index (χ4v) is 3.72. The first-order valence-electron chi connectivity index (χ1n) is 10.00. The first kappa shape index (κ1) is 19.2. The van der Waals surface area contributed by atoms with E-state index in [0.717, 1.165) is 35.1 Å². The van der Waals surface area contributed by atoms with Crippen LogP contribution in [0, 0.1) is 6.92 Å². The van der Waals surface area contributed by atoms with Gasteiger partial charge < -0.3 is 15.2 Å². The third-order valence-electron chi connectivity index (χ3n) is 5.42. The molecule has 0 aliphatic carbocycles. The highest BCUT2D eigenvalue weighted by molar-refractivity contribution is 5.79. The van der Waals surface area contributed by atoms with Gasteiger partial charge in [0.25, 0.3) is 5.56 Å². The van der Waals surface area contributed by atoms with Crippen molar-refractivity contribution in [1.82, 2.24) is 20.1 Å². The number of carbonyl (C=O) groups excluding carboxylic acids is 1. The quantitative estimate of drug-likeness (QED) is 0.720. The van der Waals surface area contributed by atoms with Gasteiger partial charge in [-0.1, -0.05) is 42.0 Å². The molecule has 29 heavy (non-hydrogen) atoms. The van der Waals surface area contributed by atoms with Crippen molar-refractivity contribution in [3.8, 4) is 0 Å². The van der Waals surface area contributed by atoms with Crippen LogP contribution in [0.15, 0.2) is 59.4 Å². The Hall–Kier alpha value is -3.12. The molecule has 3 aromatic rings. The van der Waals surface area contributed by atoms with Crippen LogP contribution in [0.2, 0.25) is 0 Å². The summed E-state index contributed by atoms with van der Waals surface area (Å²) in [4.78, 5) is 31.9. The minimum Gasteiger partial charge on any atom is -0.334 e. The van der Waals surface area contributed by atoms with Crippen molar-refractivity contribution < 1.29 is 4.79 Å². The van der Waals surface area contributed by atoms with Gasteiger partial charge in [0.2, 0.25) is 0 Å². The molecule has 0 saturated carbocycles. The van der Waals surface area contributed by atoms with Crippen LogP contribution >= 0.6 is 0 Å². The number of hydrogen-bond acceptors (Lipinski definition) is 3. The maximum absolute atomic E-state index is 12.4. The van der Waals surface area contributed by atoms with E-state index < -0.39 is 0 Å². The van der Waals surface area contributed by atoms with Crippen molar-refractivity contribution in [2.75, 3.05) is 26.2 Å². The third-order valence-corrected chi connectivity index (χ3v) is 5.42. The Balaban J connectivity index is 1.33. The molecule has 2 heterocycles. The highest BCUT2D eigenvalue weighted by Gasteiger charge is 2.21. The van der Waals surface area contributed by atoms with Crippen molar-refractivity contribution >= 4 is 16.9 Å². The van der Waals surface area contributed by atoms with Crippen LogP contribution in [0.5, 0.6) is 0 Å². The fraction of sp³-hybridized carbons (Fsp3) is 0.304. The summed E-state index contributed by atoms with van der Waals surface area (Å²) in [7, 11) is 0. The van der Waals surface area contributed by atoms with Crippen LogP contribution in [0.1, 0.15) is 16.7 Å². The van der Waals surface area contributed by atoms with Crippen LogP contribution in [-0.2, 0) is 13.1 Å². The zero-order chi connectivity index (χ0) is 20.2. The number of urea groups is 1. The van der Waals surface area contributed by atoms with Crippen molar-refractivity contribution in [1.29, 1.82) is 0 Å². The molecular formula is C23H26N4O2. The van der Waals surface area contributed by atoms with E-state index in [4.69, 9.17) is 0 Å². The molecule has 2 N–H and O–H groups in total. The maximum atomic E-state index is 12.4. The van der Waals surface area contributed by atoms with Crippen molar-refractivity contribution in [2.45, 2.75) is 20.0 Å². The van der Waals surface area contributed by atoms with Gasteiger partial charge in [-0.15, -0.1) is 0 Å². The molecule has 0 unspecified atom stereocenters. The van der Waals surface area contributed by atoms with Crippen molar-refractivity contribution in [3.05, 3.63) is 81.6 Å². The molecule has 1 aliphatic heterocycles. The summed E-state index contributed by atoms with van der Waals surface area (Å²) in [6.07, 6.45) is 0. The molecule has 0 bridgehead atoms. The summed E-state index contributed by atoms with van der Waals surface area (Å²) in [6.45, 7) is 6.00. The topological polar surface area (TPSA) is 68.4 Å². The standard InChI is InChI=1S/C23H26N4O2/c1-17-7-8-21-19(13-17)14-20(22(28)25-21)16-26-9-11-27(12-10-26)23(29)24-15-18-5-3-2-4-6-18/h2-8,13-14H,9-12,15-16H2,1H3,(H,24,29)(H,25,28). The van der Waals surface area contributed by atoms with Gasteiger partial charge in [0.1, 0.15) is 0 Å². The number of nitrogens with one attached hydrogen (secondary N) is 2. The van der Waals surface area contributed by atoms with E-state index in [0.29, 0.717) is 26.2 Å². The summed E-state index contributed by atoms with van der Waals surface area (Å²) in [5.74, 6) is 0. The van der Waals surface area contributed by atoms with Gasteiger partial charge in [-0.3, -0.25) is 9.69 Å². The van der Waals surface area contributed by atoms with E-state index in [1.54, 1.807) is 0 Å². The number of piperazine rings is 1. The number of amides is 2. The molecule has 2 aromatic carbocycles. The summed E-state index contributed by atoms with van der Waals surface area (Å²) in [5.41, 5.74) is 3.86. The Morgan fingerprint density at radius 1 is 1.03 bits per heavy atom. The van der Waals surface area contributed by atoms with Crippen molar-refractivity contribution in [2.24, 2.45) is 0 Å². The molecule has 2 amide bonds. The third kappa shape index (κ3) is 4.66. The average molecular weight is 390 g/mol. The molecule has 6 heteroatoms. The molecule has 4 rings (SSSR count). The summed E-state index contributed by atoms with van der Waals surface area (Å²) < 4.78 is 0. The summed E-state index contributed by atoms with van der Waals surface area (Å²) >= 11 is 0. The monoisotopic (exact) mass is 390 g/mol. The Bertz CT molecular complexity index is 1050. The summed E-state index contributed by atoms with van der Waals surface area (Å²) in [6, 6.07) is 17.9. The van der Waals surface area contributed by atoms with Gasteiger partial charge in [0.05, 0.1) is 0 Å². The van der Waals surface area contributed by atoms with Gasteiger partial charge in [-0.2, -0.15) is 0 Å². The highest BCUT2D eigenvalue weighted by Crippen LogP contribution is 2.15. The van der Waals surface area contributed by atoms with E-state index in [1.807, 2.05) is 60.4 Å². The number of pyridine rings is 1. The second-order valence-electron chi connectivity index (χ2n) is 7.62. The lowest BCUT2D eigenvalue weighted by Gasteiger charge is -2.34. The maximum Gasteiger partial charge on any atom is 0.317 e. The van der Waals surface area contributed by atoms with Crippen LogP contribution < -0.4 is 10.9 Å². The molecule has 0 radical (unpaired) electrons. The number of benzene rings is 2. The molecule has 150 valence electrons. The number of rotatable bonds is 4. The lowest BCUT2D eigenvalue weighted by atomic mass is 10.1. The minimum absolute atomic E-state index is 0.0347. The lowest BCUT2D eigenvalue weighted by molar-refractivity contribution is 0.135. The zero-order valence-electron chi connectivity index (χ0n) is 16.6. The summed E-state index contributed by atoms with van der Waals surface area (Å²) in [5, 5.41) is 4.04. The first-order chi connectivity index (χ1) is 14.1. The molecule has 1 aromatic heterocycles. The van der Waals surface area contributed by atoms with Crippen molar-refractivity contribution in [3.63, 3.8) is 0 Å². The number of fused-ring (bicyclic) bond motifs is 1. The predicted octanol–water partition coefficient (Wildman–Crippen LogP) is 2.86. The number of aryl methyl sites for hydroxylation is 1. The van der Waals surface area contributed by atoms with E-state index >= 15 is 0 Å². The predicted molar refractivity (Wildman–Crippen MR) is 115 cm³/mol. The fourth-order valence-electron chi connectivity index (χ4n) is 3.72. The van der Waals surface area contributed by atoms with E-state index in [9.17, 15) is 9.59 Å². The largest absolute Gasteiger partial charge is 0.334 e. The number of carbonyl (C=O) groups is 1. The average Bonchev–Trinajstić information content (AvgIpc) is 2.74. The molecule has 1 fully saturated rings. The molecule has 1 aliphatic rings. The Labute approximate surface area is 170 Å². The number of nitrogens with zero attached hydrogens (tertiary/aromatic N) is 2. The van der Waals surface area contributed by atoms with Crippen LogP contribution in [0.25, 0.3) is 10.9 Å². The number of aromatic nitrogens is 1. The molecule has 0 atom stereocenters. The SMILES string of the molecule is Cc1ccc2[nH]c(=O)c(CN3CCN(C(=O)NCc4ccccc4)CC3)cc2c1. The second-order valence-corrected chi connectivity index (χ2v) is 7.62. The van der Waals surface area contributed by atoms with Gasteiger partial charge in [-0.05, 0) is 36.1 Å². The smallest absolute Gasteiger partial charge is 0.317 e. The van der Waals surface area contributed by atoms with E-state index in [-0.39, 0.29) is 11.6 Å². The Kier molecular flexibility index (Phi) is 5.62. The molecule has 1 saturated heterocycles. The van der Waals surface area contributed by atoms with Crippen LogP contribution in [-0.4, -0.2) is 47.0 Å². The van der Waals surface area contributed by atoms with E-state index in [2.05, 4.69) is 21.3 Å². The normalized spacial score (nSPS) is 14.9. The molecule has 6 nitrogen and oxygen atoms in total. The number of hydrogen-bond donors (Lipinski definition) is 2. The first-order valence-corrected chi connectivity index (χ1v) is 10.00. The van der Waals surface area contributed by atoms with Crippen LogP contribution in [0.3, 0.4) is 0 Å². The van der Waals surface area contributed by atoms with Gasteiger partial charge in [0, 0.05) is 50.3 Å². The van der Waals surface area contributed by atoms with E-state index in [1.165, 1.54) is 5.56 Å². The second kappa shape index (κ2) is 8.49. The van der Waals surface area contributed by atoms with Gasteiger partial charge in [0.15, 0.2) is 0 Å². The Morgan fingerprint density at radius 3 is 2.55 bits per heavy atom. The number of H-pyrrole nitrogens is 1. The van der Waals surface area contributed by atoms with Gasteiger partial charge in [-0.25, -0.2) is 4.79 Å². The van der Waals surface area contributed by atoms with Crippen LogP contribution in [0.4, 0.5) is 4.79 Å². The highest BCUT2D eigenvalue weighted by atomic mass is 16.2.